The highest BCUT2D eigenvalue weighted by Gasteiger charge is 2.27. The van der Waals surface area contributed by atoms with E-state index in [4.69, 9.17) is 0 Å². The van der Waals surface area contributed by atoms with Crippen LogP contribution in [0.15, 0.2) is 30.3 Å². The van der Waals surface area contributed by atoms with Crippen LogP contribution in [0.3, 0.4) is 0 Å². The maximum Gasteiger partial charge on any atom is 0.202 e. The van der Waals surface area contributed by atoms with Gasteiger partial charge in [0.25, 0.3) is 0 Å². The fourth-order valence-electron chi connectivity index (χ4n) is 2.73. The Morgan fingerprint density at radius 3 is 2.74 bits per heavy atom. The molecule has 0 saturated heterocycles. The van der Waals surface area contributed by atoms with E-state index in [1.54, 1.807) is 0 Å². The summed E-state index contributed by atoms with van der Waals surface area (Å²) in [6.07, 6.45) is 2.47. The standard InChI is InChI=1S/C17H19N5S/c1-11-15(10-18-17-19-16(21-23-17)13-8-9-13)12(2)22(20-11)14-6-4-3-5-7-14/h3-7,13H,8-10H2,1-2H3,(H,18,19,21). The molecule has 0 amide bonds. The first-order valence-corrected chi connectivity index (χ1v) is 8.67. The van der Waals surface area contributed by atoms with Crippen molar-refractivity contribution in [1.82, 2.24) is 19.1 Å². The van der Waals surface area contributed by atoms with E-state index in [-0.39, 0.29) is 0 Å². The largest absolute Gasteiger partial charge is 0.356 e. The van der Waals surface area contributed by atoms with Crippen molar-refractivity contribution < 1.29 is 0 Å². The second-order valence-electron chi connectivity index (χ2n) is 5.98. The highest BCUT2D eigenvalue weighted by Crippen LogP contribution is 2.39. The Kier molecular flexibility index (Phi) is 3.61. The number of aryl methyl sites for hydroxylation is 1. The summed E-state index contributed by atoms with van der Waals surface area (Å²) in [6.45, 7) is 4.89. The van der Waals surface area contributed by atoms with Gasteiger partial charge in [-0.3, -0.25) is 0 Å². The molecule has 1 aliphatic rings. The van der Waals surface area contributed by atoms with Crippen LogP contribution in [-0.4, -0.2) is 19.1 Å². The van der Waals surface area contributed by atoms with Gasteiger partial charge in [-0.1, -0.05) is 18.2 Å². The molecule has 2 aromatic heterocycles. The van der Waals surface area contributed by atoms with E-state index in [2.05, 4.69) is 45.8 Å². The molecule has 1 fully saturated rings. The first-order chi connectivity index (χ1) is 11.2. The third-order valence-corrected chi connectivity index (χ3v) is 4.93. The molecule has 5 nitrogen and oxygen atoms in total. The molecule has 0 atom stereocenters. The Bertz CT molecular complexity index is 817. The predicted octanol–water partition coefficient (Wildman–Crippen LogP) is 3.83. The maximum absolute atomic E-state index is 4.68. The lowest BCUT2D eigenvalue weighted by atomic mass is 10.2. The molecule has 3 aromatic rings. The number of para-hydroxylation sites is 1. The predicted molar refractivity (Wildman–Crippen MR) is 92.2 cm³/mol. The first kappa shape index (κ1) is 14.4. The van der Waals surface area contributed by atoms with Crippen molar-refractivity contribution >= 4 is 16.7 Å². The number of benzene rings is 1. The monoisotopic (exact) mass is 325 g/mol. The quantitative estimate of drug-likeness (QED) is 0.774. The molecule has 0 spiro atoms. The molecule has 4 rings (SSSR count). The minimum Gasteiger partial charge on any atom is -0.356 e. The zero-order valence-corrected chi connectivity index (χ0v) is 14.1. The second kappa shape index (κ2) is 5.77. The van der Waals surface area contributed by atoms with Gasteiger partial charge in [0.2, 0.25) is 5.13 Å². The van der Waals surface area contributed by atoms with Gasteiger partial charge in [0, 0.05) is 35.3 Å². The van der Waals surface area contributed by atoms with E-state index in [0.717, 1.165) is 34.6 Å². The van der Waals surface area contributed by atoms with Crippen LogP contribution in [0, 0.1) is 13.8 Å². The zero-order valence-electron chi connectivity index (χ0n) is 13.3. The van der Waals surface area contributed by atoms with Gasteiger partial charge in [0.05, 0.1) is 11.4 Å². The lowest BCUT2D eigenvalue weighted by Gasteiger charge is -2.05. The van der Waals surface area contributed by atoms with E-state index in [1.807, 2.05) is 22.9 Å². The van der Waals surface area contributed by atoms with Crippen molar-refractivity contribution in [2.75, 3.05) is 5.32 Å². The Morgan fingerprint density at radius 1 is 1.22 bits per heavy atom. The van der Waals surface area contributed by atoms with E-state index in [9.17, 15) is 0 Å². The molecule has 1 N–H and O–H groups in total. The van der Waals surface area contributed by atoms with E-state index >= 15 is 0 Å². The van der Waals surface area contributed by atoms with Gasteiger partial charge in [0.1, 0.15) is 5.82 Å². The highest BCUT2D eigenvalue weighted by molar-refractivity contribution is 7.09. The van der Waals surface area contributed by atoms with Crippen LogP contribution in [0.1, 0.15) is 41.5 Å². The van der Waals surface area contributed by atoms with Crippen LogP contribution in [0.2, 0.25) is 0 Å². The molecule has 0 radical (unpaired) electrons. The number of aromatic nitrogens is 4. The molecule has 1 saturated carbocycles. The number of nitrogens with zero attached hydrogens (tertiary/aromatic N) is 4. The summed E-state index contributed by atoms with van der Waals surface area (Å²) >= 11 is 1.45. The van der Waals surface area contributed by atoms with Gasteiger partial charge in [-0.25, -0.2) is 9.67 Å². The summed E-state index contributed by atoms with van der Waals surface area (Å²) in [5.74, 6) is 1.61. The van der Waals surface area contributed by atoms with Crippen LogP contribution >= 0.6 is 11.5 Å². The third-order valence-electron chi connectivity index (χ3n) is 4.24. The fourth-order valence-corrected chi connectivity index (χ4v) is 3.37. The SMILES string of the molecule is Cc1nn(-c2ccccc2)c(C)c1CNc1nc(C2CC2)ns1. The summed E-state index contributed by atoms with van der Waals surface area (Å²) in [4.78, 5) is 4.58. The summed E-state index contributed by atoms with van der Waals surface area (Å²) in [7, 11) is 0. The molecule has 1 aliphatic carbocycles. The topological polar surface area (TPSA) is 55.6 Å². The van der Waals surface area contributed by atoms with Crippen LogP contribution < -0.4 is 5.32 Å². The van der Waals surface area contributed by atoms with Gasteiger partial charge >= 0.3 is 0 Å². The maximum atomic E-state index is 4.68. The molecular weight excluding hydrogens is 306 g/mol. The number of rotatable bonds is 5. The van der Waals surface area contributed by atoms with Crippen molar-refractivity contribution in [2.24, 2.45) is 0 Å². The average Bonchev–Trinajstić information content (AvgIpc) is 3.25. The van der Waals surface area contributed by atoms with Gasteiger partial charge in [-0.2, -0.15) is 9.47 Å². The Morgan fingerprint density at radius 2 is 2.00 bits per heavy atom. The molecular formula is C17H19N5S. The minimum absolute atomic E-state index is 0.603. The Labute approximate surface area is 139 Å². The third kappa shape index (κ3) is 2.86. The average molecular weight is 325 g/mol. The summed E-state index contributed by atoms with van der Waals surface area (Å²) in [6, 6.07) is 10.2. The van der Waals surface area contributed by atoms with Gasteiger partial charge < -0.3 is 5.32 Å². The number of hydrogen-bond acceptors (Lipinski definition) is 5. The van der Waals surface area contributed by atoms with E-state index in [0.29, 0.717) is 5.92 Å². The molecule has 118 valence electrons. The Hall–Kier alpha value is -2.21. The van der Waals surface area contributed by atoms with Gasteiger partial charge in [0.15, 0.2) is 0 Å². The van der Waals surface area contributed by atoms with Crippen LogP contribution in [-0.2, 0) is 6.54 Å². The molecule has 2 heterocycles. The Balaban J connectivity index is 1.53. The van der Waals surface area contributed by atoms with E-state index in [1.165, 1.54) is 29.9 Å². The fraction of sp³-hybridized carbons (Fsp3) is 0.353. The van der Waals surface area contributed by atoms with Crippen molar-refractivity contribution in [3.8, 4) is 5.69 Å². The summed E-state index contributed by atoms with van der Waals surface area (Å²) < 4.78 is 6.44. The normalized spacial score (nSPS) is 14.2. The first-order valence-electron chi connectivity index (χ1n) is 7.90. The van der Waals surface area contributed by atoms with Crippen molar-refractivity contribution in [1.29, 1.82) is 0 Å². The minimum atomic E-state index is 0.603. The smallest absolute Gasteiger partial charge is 0.202 e. The summed E-state index contributed by atoms with van der Waals surface area (Å²) in [5.41, 5.74) is 4.52. The van der Waals surface area contributed by atoms with Crippen LogP contribution in [0.4, 0.5) is 5.13 Å². The number of nitrogens with one attached hydrogen (secondary N) is 1. The van der Waals surface area contributed by atoms with Crippen LogP contribution in [0.5, 0.6) is 0 Å². The number of anilines is 1. The molecule has 6 heteroatoms. The number of hydrogen-bond donors (Lipinski definition) is 1. The highest BCUT2D eigenvalue weighted by atomic mass is 32.1. The zero-order chi connectivity index (χ0) is 15.8. The van der Waals surface area contributed by atoms with Crippen molar-refractivity contribution in [2.45, 2.75) is 39.2 Å². The lowest BCUT2D eigenvalue weighted by Crippen LogP contribution is -2.03. The van der Waals surface area contributed by atoms with Gasteiger partial charge in [-0.15, -0.1) is 0 Å². The van der Waals surface area contributed by atoms with Gasteiger partial charge in [-0.05, 0) is 38.8 Å². The molecule has 0 unspecified atom stereocenters. The lowest BCUT2D eigenvalue weighted by molar-refractivity contribution is 0.832. The van der Waals surface area contributed by atoms with E-state index < -0.39 is 0 Å². The second-order valence-corrected chi connectivity index (χ2v) is 6.73. The molecule has 0 aliphatic heterocycles. The molecule has 1 aromatic carbocycles. The van der Waals surface area contributed by atoms with Crippen molar-refractivity contribution in [3.63, 3.8) is 0 Å². The molecule has 0 bridgehead atoms. The molecule has 23 heavy (non-hydrogen) atoms. The van der Waals surface area contributed by atoms with Crippen molar-refractivity contribution in [3.05, 3.63) is 53.1 Å². The van der Waals surface area contributed by atoms with Crippen LogP contribution in [0.25, 0.3) is 5.69 Å². The summed E-state index contributed by atoms with van der Waals surface area (Å²) in [5, 5.41) is 8.98.